The van der Waals surface area contributed by atoms with Crippen LogP contribution in [0.3, 0.4) is 0 Å². The van der Waals surface area contributed by atoms with Gasteiger partial charge in [-0.2, -0.15) is 0 Å². The third-order valence-corrected chi connectivity index (χ3v) is 2.45. The van der Waals surface area contributed by atoms with E-state index < -0.39 is 0 Å². The molecule has 0 unspecified atom stereocenters. The number of hydrogen-bond acceptors (Lipinski definition) is 2. The highest BCUT2D eigenvalue weighted by atomic mass is 16.3. The normalized spacial score (nSPS) is 10.9. The van der Waals surface area contributed by atoms with Gasteiger partial charge in [-0.15, -0.1) is 0 Å². The highest BCUT2D eigenvalue weighted by molar-refractivity contribution is 5.33. The standard InChI is InChI=1S/C11H15N3O/c1-11(2,8-15)10-6-4-3-5-9(10)7-13-14-12/h3-6,15H,7-8H2,1-2H3. The van der Waals surface area contributed by atoms with Gasteiger partial charge in [0.25, 0.3) is 0 Å². The highest BCUT2D eigenvalue weighted by Gasteiger charge is 2.21. The molecule has 0 aliphatic heterocycles. The lowest BCUT2D eigenvalue weighted by atomic mass is 9.82. The van der Waals surface area contributed by atoms with Crippen LogP contribution in [0.2, 0.25) is 0 Å². The van der Waals surface area contributed by atoms with Crippen LogP contribution in [0.5, 0.6) is 0 Å². The number of aliphatic hydroxyl groups is 1. The van der Waals surface area contributed by atoms with Crippen LogP contribution >= 0.6 is 0 Å². The molecule has 0 bridgehead atoms. The third kappa shape index (κ3) is 2.72. The predicted molar refractivity (Wildman–Crippen MR) is 59.4 cm³/mol. The average molecular weight is 205 g/mol. The molecule has 0 saturated carbocycles. The molecule has 0 amide bonds. The van der Waals surface area contributed by atoms with E-state index in [2.05, 4.69) is 10.0 Å². The van der Waals surface area contributed by atoms with Gasteiger partial charge in [0.2, 0.25) is 0 Å². The van der Waals surface area contributed by atoms with Crippen LogP contribution in [0, 0.1) is 0 Å². The number of rotatable bonds is 4. The number of aliphatic hydroxyl groups excluding tert-OH is 1. The Balaban J connectivity index is 3.11. The second-order valence-electron chi connectivity index (χ2n) is 4.09. The van der Waals surface area contributed by atoms with E-state index in [-0.39, 0.29) is 12.0 Å². The number of benzene rings is 1. The Morgan fingerprint density at radius 1 is 1.40 bits per heavy atom. The van der Waals surface area contributed by atoms with E-state index in [1.54, 1.807) is 0 Å². The fourth-order valence-electron chi connectivity index (χ4n) is 1.51. The highest BCUT2D eigenvalue weighted by Crippen LogP contribution is 2.26. The molecule has 0 saturated heterocycles. The van der Waals surface area contributed by atoms with E-state index in [1.807, 2.05) is 38.1 Å². The summed E-state index contributed by atoms with van der Waals surface area (Å²) in [6.45, 7) is 4.32. The minimum absolute atomic E-state index is 0.0697. The summed E-state index contributed by atoms with van der Waals surface area (Å²) in [5, 5.41) is 12.8. The summed E-state index contributed by atoms with van der Waals surface area (Å²) in [7, 11) is 0. The molecule has 1 aromatic rings. The molecule has 0 heterocycles. The molecule has 4 heteroatoms. The van der Waals surface area contributed by atoms with Gasteiger partial charge in [-0.1, -0.05) is 43.2 Å². The fourth-order valence-corrected chi connectivity index (χ4v) is 1.51. The SMILES string of the molecule is CC(C)(CO)c1ccccc1CN=[N+]=[N-]. The van der Waals surface area contributed by atoms with E-state index in [1.165, 1.54) is 0 Å². The molecule has 0 spiro atoms. The van der Waals surface area contributed by atoms with E-state index in [9.17, 15) is 5.11 Å². The molecule has 0 aliphatic rings. The van der Waals surface area contributed by atoms with Gasteiger partial charge in [-0.05, 0) is 16.7 Å². The monoisotopic (exact) mass is 205 g/mol. The van der Waals surface area contributed by atoms with Gasteiger partial charge < -0.3 is 5.11 Å². The first-order valence-electron chi connectivity index (χ1n) is 4.82. The molecule has 15 heavy (non-hydrogen) atoms. The van der Waals surface area contributed by atoms with Crippen molar-refractivity contribution in [2.45, 2.75) is 25.8 Å². The molecular weight excluding hydrogens is 190 g/mol. The lowest BCUT2D eigenvalue weighted by molar-refractivity contribution is 0.218. The summed E-state index contributed by atoms with van der Waals surface area (Å²) in [5.41, 5.74) is 9.98. The molecule has 1 N–H and O–H groups in total. The van der Waals surface area contributed by atoms with Crippen molar-refractivity contribution in [2.24, 2.45) is 5.11 Å². The second-order valence-corrected chi connectivity index (χ2v) is 4.09. The van der Waals surface area contributed by atoms with Crippen LogP contribution in [-0.4, -0.2) is 11.7 Å². The first-order chi connectivity index (χ1) is 7.11. The summed E-state index contributed by atoms with van der Waals surface area (Å²) in [5.74, 6) is 0. The van der Waals surface area contributed by atoms with Gasteiger partial charge >= 0.3 is 0 Å². The molecule has 80 valence electrons. The molecule has 4 nitrogen and oxygen atoms in total. The third-order valence-electron chi connectivity index (χ3n) is 2.45. The lowest BCUT2D eigenvalue weighted by Gasteiger charge is -2.24. The summed E-state index contributed by atoms with van der Waals surface area (Å²) in [6.07, 6.45) is 0. The molecule has 0 atom stereocenters. The molecule has 1 rings (SSSR count). The van der Waals surface area contributed by atoms with Crippen LogP contribution in [0.15, 0.2) is 29.4 Å². The lowest BCUT2D eigenvalue weighted by Crippen LogP contribution is -2.23. The van der Waals surface area contributed by atoms with Crippen molar-refractivity contribution in [1.29, 1.82) is 0 Å². The minimum atomic E-state index is -0.304. The molecule has 0 fully saturated rings. The second kappa shape index (κ2) is 4.82. The Morgan fingerprint density at radius 3 is 2.67 bits per heavy atom. The minimum Gasteiger partial charge on any atom is -0.395 e. The van der Waals surface area contributed by atoms with Gasteiger partial charge in [0.15, 0.2) is 0 Å². The zero-order chi connectivity index (χ0) is 11.3. The Morgan fingerprint density at radius 2 is 2.07 bits per heavy atom. The molecule has 0 aliphatic carbocycles. The van der Waals surface area contributed by atoms with Crippen molar-refractivity contribution in [2.75, 3.05) is 6.61 Å². The summed E-state index contributed by atoms with van der Waals surface area (Å²) >= 11 is 0. The average Bonchev–Trinajstić information content (AvgIpc) is 2.26. The number of azide groups is 1. The molecule has 1 aromatic carbocycles. The first-order valence-corrected chi connectivity index (χ1v) is 4.82. The first kappa shape index (κ1) is 11.6. The summed E-state index contributed by atoms with van der Waals surface area (Å²) in [4.78, 5) is 2.74. The number of hydrogen-bond donors (Lipinski definition) is 1. The van der Waals surface area contributed by atoms with Gasteiger partial charge in [-0.25, -0.2) is 0 Å². The predicted octanol–water partition coefficient (Wildman–Crippen LogP) is 2.77. The van der Waals surface area contributed by atoms with Crippen molar-refractivity contribution in [3.63, 3.8) is 0 Å². The Hall–Kier alpha value is -1.51. The maximum absolute atomic E-state index is 9.29. The fraction of sp³-hybridized carbons (Fsp3) is 0.455. The van der Waals surface area contributed by atoms with E-state index in [0.29, 0.717) is 6.54 Å². The maximum Gasteiger partial charge on any atom is 0.0522 e. The van der Waals surface area contributed by atoms with Crippen molar-refractivity contribution < 1.29 is 5.11 Å². The maximum atomic E-state index is 9.29. The van der Waals surface area contributed by atoms with E-state index in [4.69, 9.17) is 5.53 Å². The van der Waals surface area contributed by atoms with Gasteiger partial charge in [-0.3, -0.25) is 0 Å². The van der Waals surface area contributed by atoms with Crippen LogP contribution in [0.25, 0.3) is 10.4 Å². The molecular formula is C11H15N3O. The van der Waals surface area contributed by atoms with Crippen LogP contribution in [-0.2, 0) is 12.0 Å². The van der Waals surface area contributed by atoms with Crippen molar-refractivity contribution >= 4 is 0 Å². The van der Waals surface area contributed by atoms with Gasteiger partial charge in [0, 0.05) is 10.3 Å². The van der Waals surface area contributed by atoms with E-state index >= 15 is 0 Å². The Bertz CT molecular complexity index is 381. The zero-order valence-electron chi connectivity index (χ0n) is 9.01. The van der Waals surface area contributed by atoms with Crippen molar-refractivity contribution in [3.05, 3.63) is 45.8 Å². The quantitative estimate of drug-likeness (QED) is 0.458. The van der Waals surface area contributed by atoms with Crippen LogP contribution < -0.4 is 0 Å². The largest absolute Gasteiger partial charge is 0.395 e. The zero-order valence-corrected chi connectivity index (χ0v) is 9.01. The summed E-state index contributed by atoms with van der Waals surface area (Å²) < 4.78 is 0. The Kier molecular flexibility index (Phi) is 3.72. The topological polar surface area (TPSA) is 69.0 Å². The smallest absolute Gasteiger partial charge is 0.0522 e. The number of nitrogens with zero attached hydrogens (tertiary/aromatic N) is 3. The van der Waals surface area contributed by atoms with E-state index in [0.717, 1.165) is 11.1 Å². The summed E-state index contributed by atoms with van der Waals surface area (Å²) in [6, 6.07) is 7.70. The Labute approximate surface area is 89.2 Å². The van der Waals surface area contributed by atoms with Gasteiger partial charge in [0.1, 0.15) is 0 Å². The van der Waals surface area contributed by atoms with Crippen molar-refractivity contribution in [3.8, 4) is 0 Å². The van der Waals surface area contributed by atoms with Crippen LogP contribution in [0.4, 0.5) is 0 Å². The molecule has 0 aromatic heterocycles. The van der Waals surface area contributed by atoms with Crippen LogP contribution in [0.1, 0.15) is 25.0 Å². The van der Waals surface area contributed by atoms with Gasteiger partial charge in [0.05, 0.1) is 13.2 Å². The van der Waals surface area contributed by atoms with Crippen molar-refractivity contribution in [1.82, 2.24) is 0 Å². The molecule has 0 radical (unpaired) electrons.